The minimum atomic E-state index is -0.689. The number of nitrogens with zero attached hydrogens (tertiary/aromatic N) is 2. The molecule has 0 saturated heterocycles. The summed E-state index contributed by atoms with van der Waals surface area (Å²) in [6.07, 6.45) is 3.65. The molecule has 2 heterocycles. The number of fused-ring (bicyclic) bond motifs is 1. The van der Waals surface area contributed by atoms with Crippen molar-refractivity contribution in [1.29, 1.82) is 0 Å². The molecule has 1 aromatic carbocycles. The van der Waals surface area contributed by atoms with Gasteiger partial charge < -0.3 is 14.6 Å². The van der Waals surface area contributed by atoms with E-state index in [1.165, 1.54) is 11.8 Å². The number of ether oxygens (including phenoxy) is 1. The van der Waals surface area contributed by atoms with E-state index in [1.807, 2.05) is 63.6 Å². The van der Waals surface area contributed by atoms with Gasteiger partial charge in [-0.25, -0.2) is 0 Å². The fourth-order valence-corrected chi connectivity index (χ4v) is 3.54. The van der Waals surface area contributed by atoms with Crippen molar-refractivity contribution in [2.75, 3.05) is 6.26 Å². The van der Waals surface area contributed by atoms with Crippen molar-refractivity contribution in [1.82, 2.24) is 15.5 Å². The van der Waals surface area contributed by atoms with Crippen LogP contribution in [0.25, 0.3) is 10.9 Å². The third-order valence-corrected chi connectivity index (χ3v) is 5.32. The Morgan fingerprint density at radius 1 is 1.33 bits per heavy atom. The predicted molar refractivity (Wildman–Crippen MR) is 115 cm³/mol. The number of carbonyl (C=O) groups is 1. The highest BCUT2D eigenvalue weighted by molar-refractivity contribution is 14.1. The van der Waals surface area contributed by atoms with Crippen LogP contribution in [-0.4, -0.2) is 27.7 Å². The Hall–Kier alpha value is -1.81. The standard InChI is InChI=1S/C19H20IN3O3S/c1-11-7-16(23-26-11)19(2,3)22-17(24)18(27-4)25-14-5-6-15-12(9-14)8-13(20)10-21-15/h5-10,18H,1-4H3,(H,22,24). The van der Waals surface area contributed by atoms with Crippen LogP contribution in [0.3, 0.4) is 0 Å². The smallest absolute Gasteiger partial charge is 0.272 e. The summed E-state index contributed by atoms with van der Waals surface area (Å²) in [6.45, 7) is 5.57. The van der Waals surface area contributed by atoms with Crippen LogP contribution >= 0.6 is 34.4 Å². The number of aromatic nitrogens is 2. The predicted octanol–water partition coefficient (Wildman–Crippen LogP) is 4.26. The van der Waals surface area contributed by atoms with E-state index in [0.29, 0.717) is 17.2 Å². The summed E-state index contributed by atoms with van der Waals surface area (Å²) in [5, 5.41) is 7.96. The number of nitrogens with one attached hydrogen (secondary N) is 1. The van der Waals surface area contributed by atoms with Crippen molar-refractivity contribution in [2.45, 2.75) is 31.7 Å². The Kier molecular flexibility index (Phi) is 5.95. The lowest BCUT2D eigenvalue weighted by Crippen LogP contribution is -2.46. The highest BCUT2D eigenvalue weighted by atomic mass is 127. The summed E-state index contributed by atoms with van der Waals surface area (Å²) in [6, 6.07) is 9.45. The molecule has 0 aliphatic carbocycles. The summed E-state index contributed by atoms with van der Waals surface area (Å²) in [4.78, 5) is 17.1. The molecule has 1 amide bonds. The van der Waals surface area contributed by atoms with Crippen LogP contribution in [0.2, 0.25) is 0 Å². The van der Waals surface area contributed by atoms with Crippen molar-refractivity contribution in [2.24, 2.45) is 0 Å². The molecule has 27 heavy (non-hydrogen) atoms. The molecule has 0 radical (unpaired) electrons. The van der Waals surface area contributed by atoms with Gasteiger partial charge >= 0.3 is 0 Å². The van der Waals surface area contributed by atoms with Crippen molar-refractivity contribution >= 4 is 51.2 Å². The third kappa shape index (κ3) is 4.73. The molecule has 0 aliphatic heterocycles. The van der Waals surface area contributed by atoms with Gasteiger partial charge in [-0.05, 0) is 73.9 Å². The number of amides is 1. The van der Waals surface area contributed by atoms with E-state index in [0.717, 1.165) is 14.5 Å². The molecule has 6 nitrogen and oxygen atoms in total. The average molecular weight is 497 g/mol. The molecule has 1 unspecified atom stereocenters. The Morgan fingerprint density at radius 2 is 2.11 bits per heavy atom. The number of hydrogen-bond donors (Lipinski definition) is 1. The molecule has 142 valence electrons. The summed E-state index contributed by atoms with van der Waals surface area (Å²) < 4.78 is 12.1. The number of halogens is 1. The average Bonchev–Trinajstić information content (AvgIpc) is 3.06. The fourth-order valence-electron chi connectivity index (χ4n) is 2.58. The zero-order valence-electron chi connectivity index (χ0n) is 15.4. The van der Waals surface area contributed by atoms with Gasteiger partial charge in [0.25, 0.3) is 5.91 Å². The minimum absolute atomic E-state index is 0.228. The number of aryl methyl sites for hydroxylation is 1. The molecule has 0 spiro atoms. The maximum absolute atomic E-state index is 12.8. The van der Waals surface area contributed by atoms with Crippen molar-refractivity contribution in [3.05, 3.63) is 51.6 Å². The molecule has 3 aromatic rings. The number of hydrogen-bond acceptors (Lipinski definition) is 6. The van der Waals surface area contributed by atoms with Crippen molar-refractivity contribution in [3.63, 3.8) is 0 Å². The van der Waals surface area contributed by atoms with E-state index in [1.54, 1.807) is 0 Å². The molecular formula is C19H20IN3O3S. The van der Waals surface area contributed by atoms with Crippen LogP contribution < -0.4 is 10.1 Å². The zero-order valence-corrected chi connectivity index (χ0v) is 18.4. The molecule has 3 rings (SSSR count). The number of carbonyl (C=O) groups excluding carboxylic acids is 1. The summed E-state index contributed by atoms with van der Waals surface area (Å²) in [5.41, 5.74) is 0.191. The van der Waals surface area contributed by atoms with Gasteiger partial charge in [0, 0.05) is 21.2 Å². The van der Waals surface area contributed by atoms with Crippen LogP contribution in [0, 0.1) is 10.5 Å². The highest BCUT2D eigenvalue weighted by Gasteiger charge is 2.30. The molecule has 1 atom stereocenters. The van der Waals surface area contributed by atoms with E-state index < -0.39 is 11.0 Å². The molecule has 1 N–H and O–H groups in total. The highest BCUT2D eigenvalue weighted by Crippen LogP contribution is 2.25. The largest absolute Gasteiger partial charge is 0.470 e. The number of benzene rings is 1. The van der Waals surface area contributed by atoms with Gasteiger partial charge in [0.05, 0.1) is 11.1 Å². The monoisotopic (exact) mass is 497 g/mol. The van der Waals surface area contributed by atoms with E-state index in [-0.39, 0.29) is 5.91 Å². The minimum Gasteiger partial charge on any atom is -0.470 e. The van der Waals surface area contributed by atoms with Gasteiger partial charge in [0.2, 0.25) is 5.44 Å². The topological polar surface area (TPSA) is 77.2 Å². The first-order valence-electron chi connectivity index (χ1n) is 8.29. The Morgan fingerprint density at radius 3 is 2.78 bits per heavy atom. The fraction of sp³-hybridized carbons (Fsp3) is 0.316. The molecule has 0 saturated carbocycles. The SMILES string of the molecule is CSC(Oc1ccc2ncc(I)cc2c1)C(=O)NC(C)(C)c1cc(C)on1. The molecular weight excluding hydrogens is 477 g/mol. The Labute approximate surface area is 175 Å². The van der Waals surface area contributed by atoms with Gasteiger partial charge in [-0.15, -0.1) is 11.8 Å². The summed E-state index contributed by atoms with van der Waals surface area (Å²) in [7, 11) is 0. The van der Waals surface area contributed by atoms with E-state index in [9.17, 15) is 4.79 Å². The van der Waals surface area contributed by atoms with Gasteiger partial charge in [0.15, 0.2) is 0 Å². The van der Waals surface area contributed by atoms with Crippen molar-refractivity contribution < 1.29 is 14.1 Å². The van der Waals surface area contributed by atoms with Crippen LogP contribution in [-0.2, 0) is 10.3 Å². The molecule has 8 heteroatoms. The quantitative estimate of drug-likeness (QED) is 0.405. The lowest BCUT2D eigenvalue weighted by Gasteiger charge is -2.26. The van der Waals surface area contributed by atoms with Crippen LogP contribution in [0.15, 0.2) is 41.1 Å². The Balaban J connectivity index is 1.75. The number of pyridine rings is 1. The summed E-state index contributed by atoms with van der Waals surface area (Å²) in [5.74, 6) is 1.09. The van der Waals surface area contributed by atoms with E-state index in [4.69, 9.17) is 9.26 Å². The lowest BCUT2D eigenvalue weighted by molar-refractivity contribution is -0.126. The second-order valence-electron chi connectivity index (χ2n) is 6.63. The van der Waals surface area contributed by atoms with Gasteiger partial charge in [0.1, 0.15) is 17.2 Å². The second kappa shape index (κ2) is 8.05. The van der Waals surface area contributed by atoms with Gasteiger partial charge in [-0.1, -0.05) is 5.16 Å². The van der Waals surface area contributed by atoms with E-state index >= 15 is 0 Å². The second-order valence-corrected chi connectivity index (χ2v) is 8.78. The maximum atomic E-state index is 12.8. The third-order valence-electron chi connectivity index (χ3n) is 3.99. The van der Waals surface area contributed by atoms with Gasteiger partial charge in [-0.3, -0.25) is 9.78 Å². The normalized spacial score (nSPS) is 12.8. The van der Waals surface area contributed by atoms with Crippen LogP contribution in [0.1, 0.15) is 25.3 Å². The van der Waals surface area contributed by atoms with Crippen LogP contribution in [0.4, 0.5) is 0 Å². The zero-order chi connectivity index (χ0) is 19.6. The maximum Gasteiger partial charge on any atom is 0.272 e. The number of rotatable bonds is 6. The molecule has 2 aromatic heterocycles. The summed E-state index contributed by atoms with van der Waals surface area (Å²) >= 11 is 3.55. The van der Waals surface area contributed by atoms with Crippen molar-refractivity contribution in [3.8, 4) is 5.75 Å². The molecule has 0 fully saturated rings. The number of thioether (sulfide) groups is 1. The molecule has 0 aliphatic rings. The first-order chi connectivity index (χ1) is 12.8. The lowest BCUT2D eigenvalue weighted by atomic mass is 10.0. The first-order valence-corrected chi connectivity index (χ1v) is 10.7. The first kappa shape index (κ1) is 19.9. The van der Waals surface area contributed by atoms with Crippen LogP contribution in [0.5, 0.6) is 5.75 Å². The van der Waals surface area contributed by atoms with Gasteiger partial charge in [-0.2, -0.15) is 0 Å². The van der Waals surface area contributed by atoms with E-state index in [2.05, 4.69) is 38.0 Å². The molecule has 0 bridgehead atoms. The Bertz CT molecular complexity index is 974.